The van der Waals surface area contributed by atoms with E-state index in [-0.39, 0.29) is 6.54 Å². The summed E-state index contributed by atoms with van der Waals surface area (Å²) >= 11 is 0. The Morgan fingerprint density at radius 2 is 2.00 bits per heavy atom. The molecule has 5 heteroatoms. The number of hydrogen-bond donors (Lipinski definition) is 2. The van der Waals surface area contributed by atoms with E-state index in [0.717, 1.165) is 0 Å². The summed E-state index contributed by atoms with van der Waals surface area (Å²) < 4.78 is 9.41. The summed E-state index contributed by atoms with van der Waals surface area (Å²) in [6.07, 6.45) is 0. The molecule has 0 amide bonds. The highest BCUT2D eigenvalue weighted by Gasteiger charge is 2.38. The molecule has 0 radical (unpaired) electrons. The van der Waals surface area contributed by atoms with Crippen molar-refractivity contribution < 1.29 is 19.4 Å². The topological polar surface area (TPSA) is 67.8 Å². The molecule has 5 nitrogen and oxygen atoms in total. The SMILES string of the molecule is CNCC(OC)(OC)C(=O)O. The Bertz CT molecular complexity index is 133. The molecule has 66 valence electrons. The van der Waals surface area contributed by atoms with Crippen LogP contribution in [-0.2, 0) is 14.3 Å². The van der Waals surface area contributed by atoms with E-state index in [9.17, 15) is 4.79 Å². The van der Waals surface area contributed by atoms with E-state index < -0.39 is 11.8 Å². The second kappa shape index (κ2) is 4.27. The van der Waals surface area contributed by atoms with Crippen LogP contribution in [0.3, 0.4) is 0 Å². The van der Waals surface area contributed by atoms with Gasteiger partial charge in [0.05, 0.1) is 6.54 Å². The summed E-state index contributed by atoms with van der Waals surface area (Å²) in [5.74, 6) is -2.70. The van der Waals surface area contributed by atoms with Crippen LogP contribution in [0.15, 0.2) is 0 Å². The zero-order valence-corrected chi connectivity index (χ0v) is 6.88. The van der Waals surface area contributed by atoms with E-state index in [2.05, 4.69) is 5.32 Å². The molecule has 0 spiro atoms. The average molecular weight is 163 g/mol. The molecule has 0 aliphatic heterocycles. The number of nitrogens with one attached hydrogen (secondary N) is 1. The Labute approximate surface area is 65.3 Å². The van der Waals surface area contributed by atoms with E-state index in [1.165, 1.54) is 14.2 Å². The highest BCUT2D eigenvalue weighted by molar-refractivity contribution is 5.75. The first-order chi connectivity index (χ1) is 5.13. The maximum absolute atomic E-state index is 10.6. The summed E-state index contributed by atoms with van der Waals surface area (Å²) in [5.41, 5.74) is 0. The van der Waals surface area contributed by atoms with Crippen molar-refractivity contribution in [2.45, 2.75) is 5.79 Å². The smallest absolute Gasteiger partial charge is 0.365 e. The molecule has 0 rings (SSSR count). The molecule has 2 N–H and O–H groups in total. The van der Waals surface area contributed by atoms with Gasteiger partial charge in [-0.2, -0.15) is 0 Å². The van der Waals surface area contributed by atoms with Gasteiger partial charge in [-0.25, -0.2) is 4.79 Å². The summed E-state index contributed by atoms with van der Waals surface area (Å²) in [6, 6.07) is 0. The molecule has 0 aliphatic carbocycles. The van der Waals surface area contributed by atoms with Crippen LogP contribution < -0.4 is 5.32 Å². The van der Waals surface area contributed by atoms with Gasteiger partial charge in [-0.1, -0.05) is 0 Å². The van der Waals surface area contributed by atoms with Gasteiger partial charge >= 0.3 is 5.97 Å². The zero-order valence-electron chi connectivity index (χ0n) is 6.88. The molecule has 0 unspecified atom stereocenters. The first kappa shape index (κ1) is 10.3. The van der Waals surface area contributed by atoms with Crippen LogP contribution in [0.4, 0.5) is 0 Å². The molecule has 0 atom stereocenters. The van der Waals surface area contributed by atoms with E-state index in [0.29, 0.717) is 0 Å². The standard InChI is InChI=1S/C6H13NO4/c1-7-4-6(10-2,11-3)5(8)9/h7H,4H2,1-3H3,(H,8,9). The fraction of sp³-hybridized carbons (Fsp3) is 0.833. The quantitative estimate of drug-likeness (QED) is 0.523. The van der Waals surface area contributed by atoms with Crippen molar-refractivity contribution in [1.82, 2.24) is 5.32 Å². The van der Waals surface area contributed by atoms with Crippen LogP contribution in [0.1, 0.15) is 0 Å². The lowest BCUT2D eigenvalue weighted by molar-refractivity contribution is -0.222. The largest absolute Gasteiger partial charge is 0.477 e. The van der Waals surface area contributed by atoms with Crippen LogP contribution in [-0.4, -0.2) is 44.7 Å². The van der Waals surface area contributed by atoms with Gasteiger partial charge in [0.1, 0.15) is 0 Å². The third-order valence-electron chi connectivity index (χ3n) is 1.39. The normalized spacial score (nSPS) is 11.5. The predicted octanol–water partition coefficient (Wildman–Crippen LogP) is -0.720. The lowest BCUT2D eigenvalue weighted by Crippen LogP contribution is -2.50. The van der Waals surface area contributed by atoms with Crippen molar-refractivity contribution in [3.63, 3.8) is 0 Å². The molecule has 11 heavy (non-hydrogen) atoms. The van der Waals surface area contributed by atoms with Gasteiger partial charge in [0.25, 0.3) is 5.79 Å². The Kier molecular flexibility index (Phi) is 4.02. The molecule has 0 bridgehead atoms. The lowest BCUT2D eigenvalue weighted by Gasteiger charge is -2.25. The highest BCUT2D eigenvalue weighted by atomic mass is 16.7. The van der Waals surface area contributed by atoms with E-state index in [4.69, 9.17) is 14.6 Å². The molecule has 0 aromatic heterocycles. The number of carbonyl (C=O) groups is 1. The number of carboxylic acid groups (broad SMARTS) is 1. The maximum Gasteiger partial charge on any atom is 0.365 e. The fourth-order valence-electron chi connectivity index (χ4n) is 0.711. The van der Waals surface area contributed by atoms with Crippen LogP contribution in [0, 0.1) is 0 Å². The summed E-state index contributed by atoms with van der Waals surface area (Å²) in [4.78, 5) is 10.6. The van der Waals surface area contributed by atoms with E-state index in [1.54, 1.807) is 7.05 Å². The molecular formula is C6H13NO4. The monoisotopic (exact) mass is 163 g/mol. The van der Waals surface area contributed by atoms with Gasteiger partial charge in [-0.05, 0) is 7.05 Å². The van der Waals surface area contributed by atoms with Crippen molar-refractivity contribution in [3.05, 3.63) is 0 Å². The number of hydrogen-bond acceptors (Lipinski definition) is 4. The number of rotatable bonds is 5. The number of carboxylic acids is 1. The Morgan fingerprint density at radius 3 is 2.09 bits per heavy atom. The van der Waals surface area contributed by atoms with Crippen molar-refractivity contribution in [3.8, 4) is 0 Å². The van der Waals surface area contributed by atoms with Crippen LogP contribution in [0.5, 0.6) is 0 Å². The first-order valence-electron chi connectivity index (χ1n) is 3.11. The zero-order chi connectivity index (χ0) is 8.91. The molecule has 0 aliphatic rings. The lowest BCUT2D eigenvalue weighted by atomic mass is 10.3. The van der Waals surface area contributed by atoms with E-state index in [1.807, 2.05) is 0 Å². The molecule has 0 heterocycles. The van der Waals surface area contributed by atoms with Gasteiger partial charge in [0.2, 0.25) is 0 Å². The van der Waals surface area contributed by atoms with Crippen molar-refractivity contribution in [2.24, 2.45) is 0 Å². The van der Waals surface area contributed by atoms with Crippen LogP contribution in [0.25, 0.3) is 0 Å². The molecule has 0 saturated carbocycles. The van der Waals surface area contributed by atoms with Crippen LogP contribution in [0.2, 0.25) is 0 Å². The molecule has 0 aromatic carbocycles. The Hall–Kier alpha value is -0.650. The van der Waals surface area contributed by atoms with Crippen molar-refractivity contribution in [1.29, 1.82) is 0 Å². The highest BCUT2D eigenvalue weighted by Crippen LogP contribution is 2.09. The number of aliphatic carboxylic acids is 1. The van der Waals surface area contributed by atoms with Gasteiger partial charge in [0.15, 0.2) is 0 Å². The van der Waals surface area contributed by atoms with Gasteiger partial charge < -0.3 is 19.9 Å². The van der Waals surface area contributed by atoms with Crippen molar-refractivity contribution in [2.75, 3.05) is 27.8 Å². The minimum atomic E-state index is -1.56. The third-order valence-corrected chi connectivity index (χ3v) is 1.39. The third kappa shape index (κ3) is 2.14. The number of likely N-dealkylation sites (N-methyl/N-ethyl adjacent to an activating group) is 1. The molecule has 0 fully saturated rings. The van der Waals surface area contributed by atoms with Crippen LogP contribution >= 0.6 is 0 Å². The average Bonchev–Trinajstić information content (AvgIpc) is 2.00. The molecule has 0 aromatic rings. The summed E-state index contributed by atoms with van der Waals surface area (Å²) in [7, 11) is 4.19. The second-order valence-corrected chi connectivity index (χ2v) is 2.00. The van der Waals surface area contributed by atoms with Gasteiger partial charge in [-0.3, -0.25) is 0 Å². The Morgan fingerprint density at radius 1 is 1.55 bits per heavy atom. The summed E-state index contributed by atoms with van der Waals surface area (Å²) in [5, 5.41) is 11.3. The van der Waals surface area contributed by atoms with Crippen molar-refractivity contribution >= 4 is 5.97 Å². The predicted molar refractivity (Wildman–Crippen MR) is 38.3 cm³/mol. The fourth-order valence-corrected chi connectivity index (χ4v) is 0.711. The minimum absolute atomic E-state index is 0.106. The molecule has 0 saturated heterocycles. The second-order valence-electron chi connectivity index (χ2n) is 2.00. The maximum atomic E-state index is 10.6. The first-order valence-corrected chi connectivity index (χ1v) is 3.11. The summed E-state index contributed by atoms with van der Waals surface area (Å²) in [6.45, 7) is 0.106. The molecular weight excluding hydrogens is 150 g/mol. The minimum Gasteiger partial charge on any atom is -0.477 e. The van der Waals surface area contributed by atoms with E-state index >= 15 is 0 Å². The Balaban J connectivity index is 4.32. The number of methoxy groups -OCH3 is 2. The number of ether oxygens (including phenoxy) is 2. The van der Waals surface area contributed by atoms with Gasteiger partial charge in [0, 0.05) is 14.2 Å². The van der Waals surface area contributed by atoms with Gasteiger partial charge in [-0.15, -0.1) is 0 Å².